The predicted octanol–water partition coefficient (Wildman–Crippen LogP) is -2.57. The number of hydrogen-bond donors (Lipinski definition) is 4. The van der Waals surface area contributed by atoms with E-state index in [0.29, 0.717) is 0 Å². The van der Waals surface area contributed by atoms with E-state index in [9.17, 15) is 4.79 Å². The highest BCUT2D eigenvalue weighted by Gasteiger charge is 2.18. The SMILES string of the molecule is COC(CN)C(=O)NC(CO)CO. The Morgan fingerprint density at radius 2 is 2.08 bits per heavy atom. The van der Waals surface area contributed by atoms with Gasteiger partial charge in [-0.25, -0.2) is 0 Å². The van der Waals surface area contributed by atoms with Gasteiger partial charge in [0.15, 0.2) is 0 Å². The molecule has 6 nitrogen and oxygen atoms in total. The van der Waals surface area contributed by atoms with Gasteiger partial charge in [-0.3, -0.25) is 4.79 Å². The molecule has 0 spiro atoms. The zero-order chi connectivity index (χ0) is 10.3. The molecule has 78 valence electrons. The lowest BCUT2D eigenvalue weighted by Gasteiger charge is -2.17. The Bertz CT molecular complexity index is 145. The van der Waals surface area contributed by atoms with Gasteiger partial charge in [-0.1, -0.05) is 0 Å². The molecule has 0 aliphatic heterocycles. The van der Waals surface area contributed by atoms with Crippen LogP contribution in [0.1, 0.15) is 0 Å². The molecule has 1 unspecified atom stereocenters. The number of aliphatic hydroxyl groups excluding tert-OH is 2. The van der Waals surface area contributed by atoms with Crippen LogP contribution >= 0.6 is 0 Å². The normalized spacial score (nSPS) is 13.0. The van der Waals surface area contributed by atoms with Crippen molar-refractivity contribution in [3.8, 4) is 0 Å². The lowest BCUT2D eigenvalue weighted by molar-refractivity contribution is -0.131. The van der Waals surface area contributed by atoms with E-state index in [2.05, 4.69) is 5.32 Å². The van der Waals surface area contributed by atoms with Gasteiger partial charge in [-0.05, 0) is 0 Å². The van der Waals surface area contributed by atoms with Crippen LogP contribution in [-0.4, -0.2) is 55.1 Å². The highest BCUT2D eigenvalue weighted by Crippen LogP contribution is 1.89. The van der Waals surface area contributed by atoms with Crippen molar-refractivity contribution in [3.63, 3.8) is 0 Å². The molecule has 0 radical (unpaired) electrons. The van der Waals surface area contributed by atoms with Crippen molar-refractivity contribution >= 4 is 5.91 Å². The number of carbonyl (C=O) groups is 1. The van der Waals surface area contributed by atoms with E-state index in [-0.39, 0.29) is 19.8 Å². The molecular weight excluding hydrogens is 176 g/mol. The summed E-state index contributed by atoms with van der Waals surface area (Å²) in [6, 6.07) is -0.656. The third kappa shape index (κ3) is 4.18. The molecule has 13 heavy (non-hydrogen) atoms. The van der Waals surface area contributed by atoms with E-state index >= 15 is 0 Å². The molecule has 0 aliphatic rings. The zero-order valence-electron chi connectivity index (χ0n) is 7.56. The molecule has 1 atom stereocenters. The molecular formula is C7H16N2O4. The third-order valence-corrected chi connectivity index (χ3v) is 1.58. The first-order valence-corrected chi connectivity index (χ1v) is 3.94. The maximum Gasteiger partial charge on any atom is 0.250 e. The molecule has 1 amide bonds. The van der Waals surface area contributed by atoms with Gasteiger partial charge in [-0.15, -0.1) is 0 Å². The molecule has 0 aromatic rings. The van der Waals surface area contributed by atoms with Crippen LogP contribution in [0.5, 0.6) is 0 Å². The Hall–Kier alpha value is -0.690. The van der Waals surface area contributed by atoms with Crippen LogP contribution < -0.4 is 11.1 Å². The lowest BCUT2D eigenvalue weighted by Crippen LogP contribution is -2.47. The Balaban J connectivity index is 3.95. The fraction of sp³-hybridized carbons (Fsp3) is 0.857. The lowest BCUT2D eigenvalue weighted by atomic mass is 10.2. The van der Waals surface area contributed by atoms with E-state index in [4.69, 9.17) is 20.7 Å². The van der Waals surface area contributed by atoms with Gasteiger partial charge >= 0.3 is 0 Å². The number of carbonyl (C=O) groups excluding carboxylic acids is 1. The highest BCUT2D eigenvalue weighted by molar-refractivity contribution is 5.81. The number of rotatable bonds is 6. The number of methoxy groups -OCH3 is 1. The van der Waals surface area contributed by atoms with Gasteiger partial charge in [0.2, 0.25) is 0 Å². The van der Waals surface area contributed by atoms with E-state index in [1.54, 1.807) is 0 Å². The maximum atomic E-state index is 11.2. The molecule has 0 heterocycles. The van der Waals surface area contributed by atoms with Crippen molar-refractivity contribution in [2.45, 2.75) is 12.1 Å². The average Bonchev–Trinajstić information content (AvgIpc) is 2.16. The van der Waals surface area contributed by atoms with E-state index in [0.717, 1.165) is 0 Å². The number of hydrogen-bond acceptors (Lipinski definition) is 5. The first kappa shape index (κ1) is 12.3. The van der Waals surface area contributed by atoms with Crippen molar-refractivity contribution in [1.82, 2.24) is 5.32 Å². The molecule has 6 heteroatoms. The molecule has 0 aromatic carbocycles. The second-order valence-corrected chi connectivity index (χ2v) is 2.53. The summed E-state index contributed by atoms with van der Waals surface area (Å²) >= 11 is 0. The highest BCUT2D eigenvalue weighted by atomic mass is 16.5. The van der Waals surface area contributed by atoms with Gasteiger partial charge in [0.1, 0.15) is 6.10 Å². The maximum absolute atomic E-state index is 11.2. The fourth-order valence-corrected chi connectivity index (χ4v) is 0.753. The molecule has 5 N–H and O–H groups in total. The fourth-order valence-electron chi connectivity index (χ4n) is 0.753. The minimum absolute atomic E-state index is 0.0614. The van der Waals surface area contributed by atoms with Crippen molar-refractivity contribution in [3.05, 3.63) is 0 Å². The first-order chi connectivity index (χ1) is 6.19. The summed E-state index contributed by atoms with van der Waals surface area (Å²) in [6.07, 6.45) is -0.736. The van der Waals surface area contributed by atoms with E-state index in [1.807, 2.05) is 0 Å². The minimum atomic E-state index is -0.736. The van der Waals surface area contributed by atoms with Crippen LogP contribution in [0.2, 0.25) is 0 Å². The van der Waals surface area contributed by atoms with Crippen molar-refractivity contribution < 1.29 is 19.7 Å². The van der Waals surface area contributed by atoms with Gasteiger partial charge in [-0.2, -0.15) is 0 Å². The molecule has 0 bridgehead atoms. The number of amides is 1. The second-order valence-electron chi connectivity index (χ2n) is 2.53. The minimum Gasteiger partial charge on any atom is -0.394 e. The number of aliphatic hydroxyl groups is 2. The Morgan fingerprint density at radius 3 is 2.38 bits per heavy atom. The van der Waals surface area contributed by atoms with Crippen LogP contribution in [0, 0.1) is 0 Å². The van der Waals surface area contributed by atoms with Crippen LogP contribution in [-0.2, 0) is 9.53 Å². The molecule has 0 rings (SSSR count). The summed E-state index contributed by atoms with van der Waals surface area (Å²) in [7, 11) is 1.37. The summed E-state index contributed by atoms with van der Waals surface area (Å²) in [5, 5.41) is 19.7. The summed E-state index contributed by atoms with van der Waals surface area (Å²) in [5.41, 5.74) is 5.23. The predicted molar refractivity (Wildman–Crippen MR) is 46.0 cm³/mol. The molecule has 0 fully saturated rings. The molecule has 0 saturated heterocycles. The van der Waals surface area contributed by atoms with Crippen molar-refractivity contribution in [2.24, 2.45) is 5.73 Å². The third-order valence-electron chi connectivity index (χ3n) is 1.58. The van der Waals surface area contributed by atoms with Crippen LogP contribution in [0.4, 0.5) is 0 Å². The standard InChI is InChI=1S/C7H16N2O4/c1-13-6(2-8)7(12)9-5(3-10)4-11/h5-6,10-11H,2-4,8H2,1H3,(H,9,12). The zero-order valence-corrected chi connectivity index (χ0v) is 7.56. The topological polar surface area (TPSA) is 105 Å². The van der Waals surface area contributed by atoms with E-state index < -0.39 is 18.1 Å². The number of nitrogens with two attached hydrogens (primary N) is 1. The Morgan fingerprint density at radius 1 is 1.54 bits per heavy atom. The Kier molecular flexibility index (Phi) is 6.43. The number of nitrogens with one attached hydrogen (secondary N) is 1. The Labute approximate surface area is 76.7 Å². The van der Waals surface area contributed by atoms with Gasteiger partial charge in [0.25, 0.3) is 5.91 Å². The molecule has 0 saturated carbocycles. The smallest absolute Gasteiger partial charge is 0.250 e. The van der Waals surface area contributed by atoms with Crippen LogP contribution in [0.15, 0.2) is 0 Å². The van der Waals surface area contributed by atoms with Crippen molar-refractivity contribution in [2.75, 3.05) is 26.9 Å². The van der Waals surface area contributed by atoms with Gasteiger partial charge < -0.3 is 26.0 Å². The summed E-state index contributed by atoms with van der Waals surface area (Å²) in [4.78, 5) is 11.2. The summed E-state index contributed by atoms with van der Waals surface area (Å²) in [6.45, 7) is -0.571. The van der Waals surface area contributed by atoms with E-state index in [1.165, 1.54) is 7.11 Å². The van der Waals surface area contributed by atoms with Crippen molar-refractivity contribution in [1.29, 1.82) is 0 Å². The first-order valence-electron chi connectivity index (χ1n) is 3.94. The number of ether oxygens (including phenoxy) is 1. The monoisotopic (exact) mass is 192 g/mol. The largest absolute Gasteiger partial charge is 0.394 e. The van der Waals surface area contributed by atoms with Gasteiger partial charge in [0, 0.05) is 13.7 Å². The molecule has 0 aromatic heterocycles. The summed E-state index contributed by atoms with van der Waals surface area (Å²) in [5.74, 6) is -0.432. The quantitative estimate of drug-likeness (QED) is 0.370. The average molecular weight is 192 g/mol. The second kappa shape index (κ2) is 6.79. The van der Waals surface area contributed by atoms with Crippen LogP contribution in [0.25, 0.3) is 0 Å². The summed E-state index contributed by atoms with van der Waals surface area (Å²) < 4.78 is 4.75. The van der Waals surface area contributed by atoms with Gasteiger partial charge in [0.05, 0.1) is 19.3 Å². The molecule has 0 aliphatic carbocycles. The van der Waals surface area contributed by atoms with Crippen LogP contribution in [0.3, 0.4) is 0 Å².